The van der Waals surface area contributed by atoms with Gasteiger partial charge in [0.05, 0.1) is 16.6 Å². The highest BCUT2D eigenvalue weighted by Crippen LogP contribution is 2.26. The van der Waals surface area contributed by atoms with E-state index in [-0.39, 0.29) is 10.5 Å². The molecular weight excluding hydrogens is 310 g/mol. The van der Waals surface area contributed by atoms with Crippen molar-refractivity contribution < 1.29 is 17.2 Å². The number of sulfone groups is 1. The molecule has 7 heteroatoms. The van der Waals surface area contributed by atoms with Crippen LogP contribution in [0.4, 0.5) is 8.78 Å². The van der Waals surface area contributed by atoms with Crippen molar-refractivity contribution in [3.05, 3.63) is 53.9 Å². The average molecular weight is 322 g/mol. The van der Waals surface area contributed by atoms with E-state index in [0.29, 0.717) is 16.9 Å². The molecule has 0 N–H and O–H groups in total. The van der Waals surface area contributed by atoms with Crippen LogP contribution in [0.3, 0.4) is 0 Å². The van der Waals surface area contributed by atoms with Crippen LogP contribution in [0.2, 0.25) is 0 Å². The molecule has 0 bridgehead atoms. The SMILES string of the molecule is Cc1c(S(C)(=O)=O)ccn2c(-c3cc(F)cc(F)c3)ncc12. The van der Waals surface area contributed by atoms with Crippen LogP contribution in [0.1, 0.15) is 5.56 Å². The smallest absolute Gasteiger partial charge is 0.175 e. The van der Waals surface area contributed by atoms with E-state index in [1.807, 2.05) is 0 Å². The van der Waals surface area contributed by atoms with E-state index in [9.17, 15) is 17.2 Å². The van der Waals surface area contributed by atoms with Crippen molar-refractivity contribution in [3.8, 4) is 11.4 Å². The van der Waals surface area contributed by atoms with Crippen molar-refractivity contribution in [2.75, 3.05) is 6.26 Å². The van der Waals surface area contributed by atoms with E-state index in [2.05, 4.69) is 4.98 Å². The number of hydrogen-bond acceptors (Lipinski definition) is 3. The van der Waals surface area contributed by atoms with Crippen LogP contribution >= 0.6 is 0 Å². The quantitative estimate of drug-likeness (QED) is 0.729. The van der Waals surface area contributed by atoms with Crippen molar-refractivity contribution in [1.29, 1.82) is 0 Å². The van der Waals surface area contributed by atoms with Crippen molar-refractivity contribution in [2.45, 2.75) is 11.8 Å². The van der Waals surface area contributed by atoms with Crippen LogP contribution in [0.25, 0.3) is 16.9 Å². The zero-order valence-corrected chi connectivity index (χ0v) is 12.7. The second-order valence-corrected chi connectivity index (χ2v) is 7.06. The maximum Gasteiger partial charge on any atom is 0.175 e. The fourth-order valence-electron chi connectivity index (χ4n) is 2.48. The molecule has 3 rings (SSSR count). The largest absolute Gasteiger partial charge is 0.299 e. The Bertz CT molecular complexity index is 974. The zero-order chi connectivity index (χ0) is 16.1. The molecule has 0 saturated carbocycles. The summed E-state index contributed by atoms with van der Waals surface area (Å²) >= 11 is 0. The van der Waals surface area contributed by atoms with Crippen molar-refractivity contribution in [1.82, 2.24) is 9.38 Å². The Hall–Kier alpha value is -2.28. The summed E-state index contributed by atoms with van der Waals surface area (Å²) in [6.07, 6.45) is 4.15. The molecule has 0 radical (unpaired) electrons. The van der Waals surface area contributed by atoms with Crippen molar-refractivity contribution >= 4 is 15.4 Å². The summed E-state index contributed by atoms with van der Waals surface area (Å²) in [5.74, 6) is -1.05. The lowest BCUT2D eigenvalue weighted by Crippen LogP contribution is -2.02. The predicted molar refractivity (Wildman–Crippen MR) is 78.4 cm³/mol. The van der Waals surface area contributed by atoms with Gasteiger partial charge in [0.2, 0.25) is 0 Å². The number of imidazole rings is 1. The molecule has 0 aliphatic carbocycles. The monoisotopic (exact) mass is 322 g/mol. The molecule has 22 heavy (non-hydrogen) atoms. The van der Waals surface area contributed by atoms with Crippen LogP contribution in [-0.2, 0) is 9.84 Å². The van der Waals surface area contributed by atoms with Gasteiger partial charge >= 0.3 is 0 Å². The van der Waals surface area contributed by atoms with Crippen LogP contribution in [0.5, 0.6) is 0 Å². The molecule has 0 atom stereocenters. The summed E-state index contributed by atoms with van der Waals surface area (Å²) < 4.78 is 51.8. The minimum absolute atomic E-state index is 0.205. The van der Waals surface area contributed by atoms with Gasteiger partial charge in [0, 0.05) is 24.1 Å². The normalized spacial score (nSPS) is 12.0. The molecule has 0 unspecified atom stereocenters. The van der Waals surface area contributed by atoms with E-state index in [1.165, 1.54) is 30.6 Å². The van der Waals surface area contributed by atoms with Gasteiger partial charge < -0.3 is 0 Å². The van der Waals surface area contributed by atoms with E-state index in [4.69, 9.17) is 0 Å². The van der Waals surface area contributed by atoms with Gasteiger partial charge in [0.1, 0.15) is 17.5 Å². The number of hydrogen-bond donors (Lipinski definition) is 0. The number of fused-ring (bicyclic) bond motifs is 1. The number of benzene rings is 1. The number of rotatable bonds is 2. The third-order valence-electron chi connectivity index (χ3n) is 3.45. The highest BCUT2D eigenvalue weighted by atomic mass is 32.2. The number of pyridine rings is 1. The lowest BCUT2D eigenvalue weighted by atomic mass is 10.2. The summed E-state index contributed by atoms with van der Waals surface area (Å²) in [6.45, 7) is 1.67. The van der Waals surface area contributed by atoms with Crippen LogP contribution < -0.4 is 0 Å². The maximum atomic E-state index is 13.4. The predicted octanol–water partition coefficient (Wildman–Crippen LogP) is 2.99. The first-order valence-electron chi connectivity index (χ1n) is 6.40. The zero-order valence-electron chi connectivity index (χ0n) is 11.8. The number of aryl methyl sites for hydroxylation is 1. The van der Waals surface area contributed by atoms with Gasteiger partial charge in [-0.25, -0.2) is 22.2 Å². The molecule has 114 valence electrons. The topological polar surface area (TPSA) is 51.4 Å². The molecule has 0 aliphatic rings. The highest BCUT2D eigenvalue weighted by molar-refractivity contribution is 7.90. The summed E-state index contributed by atoms with van der Waals surface area (Å²) in [5, 5.41) is 0. The molecule has 0 saturated heterocycles. The van der Waals surface area contributed by atoms with Gasteiger partial charge in [-0.15, -0.1) is 0 Å². The van der Waals surface area contributed by atoms with Gasteiger partial charge in [0.25, 0.3) is 0 Å². The Labute approximate surface area is 126 Å². The van der Waals surface area contributed by atoms with Crippen LogP contribution in [0.15, 0.2) is 41.6 Å². The van der Waals surface area contributed by atoms with Gasteiger partial charge in [-0.3, -0.25) is 4.40 Å². The molecule has 0 amide bonds. The van der Waals surface area contributed by atoms with Crippen LogP contribution in [0, 0.1) is 18.6 Å². The second-order valence-electron chi connectivity index (χ2n) is 5.07. The third-order valence-corrected chi connectivity index (χ3v) is 4.69. The van der Waals surface area contributed by atoms with Crippen LogP contribution in [-0.4, -0.2) is 24.1 Å². The first-order chi connectivity index (χ1) is 10.3. The Morgan fingerprint density at radius 1 is 1.14 bits per heavy atom. The van der Waals surface area contributed by atoms with Gasteiger partial charge in [-0.2, -0.15) is 0 Å². The number of halogens is 2. The number of nitrogens with zero attached hydrogens (tertiary/aromatic N) is 2. The lowest BCUT2D eigenvalue weighted by Gasteiger charge is -2.07. The molecule has 4 nitrogen and oxygen atoms in total. The second kappa shape index (κ2) is 4.88. The summed E-state index contributed by atoms with van der Waals surface area (Å²) in [5.41, 5.74) is 1.40. The summed E-state index contributed by atoms with van der Waals surface area (Å²) in [4.78, 5) is 4.37. The third kappa shape index (κ3) is 2.37. The fourth-order valence-corrected chi connectivity index (χ4v) is 3.45. The molecule has 3 aromatic rings. The van der Waals surface area contributed by atoms with E-state index < -0.39 is 21.5 Å². The minimum Gasteiger partial charge on any atom is -0.299 e. The standard InChI is InChI=1S/C15H12F2N2O2S/c1-9-13-8-18-15(10-5-11(16)7-12(17)6-10)19(13)4-3-14(9)22(2,20)21/h3-8H,1-2H3. The molecule has 0 aliphatic heterocycles. The van der Waals surface area contributed by atoms with Gasteiger partial charge in [-0.1, -0.05) is 0 Å². The molecule has 0 fully saturated rings. The van der Waals surface area contributed by atoms with Crippen molar-refractivity contribution in [2.24, 2.45) is 0 Å². The molecule has 2 heterocycles. The Kier molecular flexibility index (Phi) is 3.25. The fraction of sp³-hybridized carbons (Fsp3) is 0.133. The van der Waals surface area contributed by atoms with E-state index >= 15 is 0 Å². The Morgan fingerprint density at radius 2 is 1.77 bits per heavy atom. The highest BCUT2D eigenvalue weighted by Gasteiger charge is 2.16. The van der Waals surface area contributed by atoms with E-state index in [0.717, 1.165) is 12.3 Å². The Balaban J connectivity index is 2.28. The first-order valence-corrected chi connectivity index (χ1v) is 8.30. The van der Waals surface area contributed by atoms with Gasteiger partial charge in [0.15, 0.2) is 9.84 Å². The van der Waals surface area contributed by atoms with Gasteiger partial charge in [-0.05, 0) is 30.7 Å². The lowest BCUT2D eigenvalue weighted by molar-refractivity contribution is 0.584. The first kappa shape index (κ1) is 14.6. The van der Waals surface area contributed by atoms with Crippen molar-refractivity contribution in [3.63, 3.8) is 0 Å². The maximum absolute atomic E-state index is 13.4. The Morgan fingerprint density at radius 3 is 2.36 bits per heavy atom. The summed E-state index contributed by atoms with van der Waals surface area (Å²) in [6, 6.07) is 4.60. The molecular formula is C15H12F2N2O2S. The van der Waals surface area contributed by atoms with E-state index in [1.54, 1.807) is 11.3 Å². The molecule has 1 aromatic carbocycles. The average Bonchev–Trinajstić information content (AvgIpc) is 2.81. The molecule has 0 spiro atoms. The molecule has 2 aromatic heterocycles. The minimum atomic E-state index is -3.35. The summed E-state index contributed by atoms with van der Waals surface area (Å²) in [7, 11) is -3.35. The number of aromatic nitrogens is 2.